The number of benzene rings is 2. The molecule has 32 heavy (non-hydrogen) atoms. The molecule has 0 bridgehead atoms. The summed E-state index contributed by atoms with van der Waals surface area (Å²) in [6, 6.07) is 10.4. The summed E-state index contributed by atoms with van der Waals surface area (Å²) in [6.07, 6.45) is 0. The van der Waals surface area contributed by atoms with E-state index in [4.69, 9.17) is 14.2 Å². The minimum absolute atomic E-state index is 0.133. The van der Waals surface area contributed by atoms with Crippen LogP contribution in [0.15, 0.2) is 41.3 Å². The minimum Gasteiger partial charge on any atom is -0.492 e. The van der Waals surface area contributed by atoms with Gasteiger partial charge in [0.05, 0.1) is 17.2 Å². The van der Waals surface area contributed by atoms with E-state index in [0.29, 0.717) is 50.8 Å². The molecule has 1 amide bonds. The van der Waals surface area contributed by atoms with E-state index >= 15 is 0 Å². The number of carbonyl (C=O) groups excluding carboxylic acids is 1. The number of fused-ring (bicyclic) bond motifs is 1. The molecule has 2 aromatic carbocycles. The summed E-state index contributed by atoms with van der Waals surface area (Å²) < 4.78 is 44.2. The third-order valence-electron chi connectivity index (χ3n) is 5.37. The maximum Gasteiger partial charge on any atom is 0.243 e. The van der Waals surface area contributed by atoms with E-state index in [2.05, 4.69) is 10.2 Å². The number of hydrogen-bond acceptors (Lipinski definition) is 7. The van der Waals surface area contributed by atoms with Gasteiger partial charge >= 0.3 is 0 Å². The highest BCUT2D eigenvalue weighted by atomic mass is 32.2. The van der Waals surface area contributed by atoms with Crippen molar-refractivity contribution in [3.05, 3.63) is 42.0 Å². The van der Waals surface area contributed by atoms with E-state index in [0.717, 1.165) is 17.1 Å². The van der Waals surface area contributed by atoms with Crippen LogP contribution in [0.4, 0.5) is 5.69 Å². The number of carbonyl (C=O) groups is 1. The molecule has 172 valence electrons. The first-order valence-corrected chi connectivity index (χ1v) is 12.0. The molecule has 2 aliphatic rings. The molecule has 0 aliphatic carbocycles. The largest absolute Gasteiger partial charge is 0.492 e. The highest BCUT2D eigenvalue weighted by Crippen LogP contribution is 2.33. The fourth-order valence-electron chi connectivity index (χ4n) is 3.81. The molecule has 1 saturated heterocycles. The van der Waals surface area contributed by atoms with Crippen LogP contribution < -0.4 is 19.5 Å². The first-order chi connectivity index (χ1) is 15.4. The molecule has 4 rings (SSSR count). The normalized spacial score (nSPS) is 16.7. The fourth-order valence-corrected chi connectivity index (χ4v) is 5.26. The van der Waals surface area contributed by atoms with Crippen molar-refractivity contribution in [1.29, 1.82) is 0 Å². The number of sulfonamides is 1. The summed E-state index contributed by atoms with van der Waals surface area (Å²) in [4.78, 5) is 13.9. The quantitative estimate of drug-likeness (QED) is 0.676. The second-order valence-corrected chi connectivity index (χ2v) is 9.58. The summed E-state index contributed by atoms with van der Waals surface area (Å²) in [5, 5.41) is 2.65. The van der Waals surface area contributed by atoms with Gasteiger partial charge in [0.25, 0.3) is 0 Å². The molecule has 0 radical (unpaired) electrons. The average Bonchev–Trinajstić information content (AvgIpc) is 3.23. The molecule has 0 atom stereocenters. The molecule has 1 fully saturated rings. The van der Waals surface area contributed by atoms with Gasteiger partial charge in [0.1, 0.15) is 5.75 Å². The van der Waals surface area contributed by atoms with Crippen molar-refractivity contribution < 1.29 is 27.4 Å². The summed E-state index contributed by atoms with van der Waals surface area (Å²) in [6.45, 7) is 6.55. The third-order valence-corrected chi connectivity index (χ3v) is 7.27. The Bertz CT molecular complexity index is 1100. The second kappa shape index (κ2) is 9.35. The zero-order valence-electron chi connectivity index (χ0n) is 18.2. The smallest absolute Gasteiger partial charge is 0.243 e. The van der Waals surface area contributed by atoms with Gasteiger partial charge in [0.2, 0.25) is 22.7 Å². The molecule has 2 heterocycles. The van der Waals surface area contributed by atoms with Crippen molar-refractivity contribution in [3.8, 4) is 17.2 Å². The summed E-state index contributed by atoms with van der Waals surface area (Å²) >= 11 is 0. The predicted molar refractivity (Wildman–Crippen MR) is 119 cm³/mol. The second-order valence-electron chi connectivity index (χ2n) is 7.64. The van der Waals surface area contributed by atoms with Crippen molar-refractivity contribution in [1.82, 2.24) is 9.21 Å². The van der Waals surface area contributed by atoms with Crippen LogP contribution in [0, 0.1) is 0 Å². The van der Waals surface area contributed by atoms with Crippen molar-refractivity contribution in [2.24, 2.45) is 0 Å². The Kier molecular flexibility index (Phi) is 6.54. The standard InChI is InChI=1S/C22H27N3O6S/c1-3-29-20-7-5-18(13-19(20)23-16(2)26)32(27,28)25-10-8-24(9-11-25)14-17-4-6-21-22(12-17)31-15-30-21/h4-7,12-13H,3,8-11,14-15H2,1-2H3,(H,23,26). The van der Waals surface area contributed by atoms with Crippen molar-refractivity contribution >= 4 is 21.6 Å². The lowest BCUT2D eigenvalue weighted by molar-refractivity contribution is -0.114. The van der Waals surface area contributed by atoms with Crippen LogP contribution >= 0.6 is 0 Å². The van der Waals surface area contributed by atoms with Gasteiger partial charge in [0, 0.05) is 39.6 Å². The van der Waals surface area contributed by atoms with Crippen LogP contribution in [0.5, 0.6) is 17.2 Å². The topological polar surface area (TPSA) is 97.4 Å². The number of nitrogens with zero attached hydrogens (tertiary/aromatic N) is 2. The Morgan fingerprint density at radius 3 is 2.53 bits per heavy atom. The van der Waals surface area contributed by atoms with Crippen LogP contribution in [0.1, 0.15) is 19.4 Å². The highest BCUT2D eigenvalue weighted by molar-refractivity contribution is 7.89. The number of ether oxygens (including phenoxy) is 3. The SMILES string of the molecule is CCOc1ccc(S(=O)(=O)N2CCN(Cc3ccc4c(c3)OCO4)CC2)cc1NC(C)=O. The average molecular weight is 462 g/mol. The van der Waals surface area contributed by atoms with Crippen LogP contribution in [-0.4, -0.2) is 63.1 Å². The van der Waals surface area contributed by atoms with Crippen LogP contribution in [0.2, 0.25) is 0 Å². The zero-order valence-corrected chi connectivity index (χ0v) is 19.0. The maximum absolute atomic E-state index is 13.2. The Balaban J connectivity index is 1.42. The van der Waals surface area contributed by atoms with Gasteiger partial charge in [-0.15, -0.1) is 0 Å². The Hall–Kier alpha value is -2.82. The van der Waals surface area contributed by atoms with Gasteiger partial charge in [-0.25, -0.2) is 8.42 Å². The number of anilines is 1. The molecule has 0 saturated carbocycles. The fraction of sp³-hybridized carbons (Fsp3) is 0.409. The first-order valence-electron chi connectivity index (χ1n) is 10.5. The molecule has 0 aromatic heterocycles. The Morgan fingerprint density at radius 1 is 1.06 bits per heavy atom. The van der Waals surface area contributed by atoms with E-state index in [1.54, 1.807) is 6.07 Å². The van der Waals surface area contributed by atoms with Gasteiger partial charge in [-0.2, -0.15) is 4.31 Å². The minimum atomic E-state index is -3.69. The lowest BCUT2D eigenvalue weighted by atomic mass is 10.2. The number of piperazine rings is 1. The Morgan fingerprint density at radius 2 is 1.81 bits per heavy atom. The Labute approximate surface area is 187 Å². The molecule has 1 N–H and O–H groups in total. The lowest BCUT2D eigenvalue weighted by Crippen LogP contribution is -2.48. The molecule has 2 aromatic rings. The number of amides is 1. The number of hydrogen-bond donors (Lipinski definition) is 1. The van der Waals surface area contributed by atoms with Crippen molar-refractivity contribution in [3.63, 3.8) is 0 Å². The van der Waals surface area contributed by atoms with E-state index in [9.17, 15) is 13.2 Å². The van der Waals surface area contributed by atoms with E-state index in [-0.39, 0.29) is 17.6 Å². The summed E-state index contributed by atoms with van der Waals surface area (Å²) in [7, 11) is -3.69. The van der Waals surface area contributed by atoms with Crippen LogP contribution in [0.25, 0.3) is 0 Å². The van der Waals surface area contributed by atoms with E-state index in [1.165, 1.54) is 23.4 Å². The van der Waals surface area contributed by atoms with Crippen LogP contribution in [0.3, 0.4) is 0 Å². The van der Waals surface area contributed by atoms with E-state index < -0.39 is 10.0 Å². The van der Waals surface area contributed by atoms with Gasteiger partial charge in [-0.05, 0) is 42.8 Å². The highest BCUT2D eigenvalue weighted by Gasteiger charge is 2.29. The number of nitrogens with one attached hydrogen (secondary N) is 1. The van der Waals surface area contributed by atoms with Crippen molar-refractivity contribution in [2.75, 3.05) is 44.9 Å². The predicted octanol–water partition coefficient (Wildman–Crippen LogP) is 2.28. The first kappa shape index (κ1) is 22.4. The van der Waals surface area contributed by atoms with Crippen LogP contribution in [-0.2, 0) is 21.4 Å². The summed E-state index contributed by atoms with van der Waals surface area (Å²) in [5.41, 5.74) is 1.44. The number of rotatable bonds is 7. The molecular weight excluding hydrogens is 434 g/mol. The summed E-state index contributed by atoms with van der Waals surface area (Å²) in [5.74, 6) is 1.64. The monoisotopic (exact) mass is 461 g/mol. The zero-order chi connectivity index (χ0) is 22.7. The van der Waals surface area contributed by atoms with Gasteiger partial charge < -0.3 is 19.5 Å². The molecule has 9 nitrogen and oxygen atoms in total. The molecule has 0 unspecified atom stereocenters. The van der Waals surface area contributed by atoms with Gasteiger partial charge in [0.15, 0.2) is 11.5 Å². The molecule has 0 spiro atoms. The molecule has 10 heteroatoms. The van der Waals surface area contributed by atoms with E-state index in [1.807, 2.05) is 25.1 Å². The van der Waals surface area contributed by atoms with Gasteiger partial charge in [-0.1, -0.05) is 6.07 Å². The molecular formula is C22H27N3O6S. The third kappa shape index (κ3) is 4.82. The van der Waals surface area contributed by atoms with Gasteiger partial charge in [-0.3, -0.25) is 9.69 Å². The molecule has 2 aliphatic heterocycles. The lowest BCUT2D eigenvalue weighted by Gasteiger charge is -2.34. The van der Waals surface area contributed by atoms with Crippen molar-refractivity contribution in [2.45, 2.75) is 25.3 Å². The maximum atomic E-state index is 13.2.